The molecule has 1 atom stereocenters. The zero-order valence-corrected chi connectivity index (χ0v) is 17.5. The number of nitrogens with one attached hydrogen (secondary N) is 2. The molecule has 0 heterocycles. The van der Waals surface area contributed by atoms with E-state index in [9.17, 15) is 4.79 Å². The Morgan fingerprint density at radius 1 is 0.867 bits per heavy atom. The zero-order chi connectivity index (χ0) is 21.2. The van der Waals surface area contributed by atoms with Gasteiger partial charge in [0, 0.05) is 5.56 Å². The summed E-state index contributed by atoms with van der Waals surface area (Å²) in [6, 6.07) is 26.4. The topological polar surface area (TPSA) is 59.6 Å². The van der Waals surface area contributed by atoms with Gasteiger partial charge >= 0.3 is 0 Å². The minimum absolute atomic E-state index is 0.0155. The van der Waals surface area contributed by atoms with Crippen molar-refractivity contribution in [2.45, 2.75) is 13.0 Å². The van der Waals surface area contributed by atoms with E-state index < -0.39 is 0 Å². The maximum absolute atomic E-state index is 12.5. The molecular formula is C24H24N2O3S. The van der Waals surface area contributed by atoms with Gasteiger partial charge in [-0.05, 0) is 55.0 Å². The second-order valence-corrected chi connectivity index (χ2v) is 7.01. The fraction of sp³-hybridized carbons (Fsp3) is 0.167. The van der Waals surface area contributed by atoms with Crippen LogP contribution in [0.3, 0.4) is 0 Å². The average Bonchev–Trinajstić information content (AvgIpc) is 2.78. The maximum Gasteiger partial charge on any atom is 0.257 e. The third kappa shape index (κ3) is 6.60. The van der Waals surface area contributed by atoms with E-state index in [4.69, 9.17) is 21.7 Å². The van der Waals surface area contributed by atoms with E-state index in [0.717, 1.165) is 11.3 Å². The molecule has 5 nitrogen and oxygen atoms in total. The molecule has 0 fully saturated rings. The lowest BCUT2D eigenvalue weighted by atomic mass is 10.1. The van der Waals surface area contributed by atoms with Gasteiger partial charge in [-0.1, -0.05) is 54.6 Å². The Labute approximate surface area is 182 Å². The third-order valence-electron chi connectivity index (χ3n) is 4.33. The highest BCUT2D eigenvalue weighted by Crippen LogP contribution is 2.14. The molecule has 0 aliphatic carbocycles. The highest BCUT2D eigenvalue weighted by Gasteiger charge is 2.11. The lowest BCUT2D eigenvalue weighted by Crippen LogP contribution is -2.40. The minimum Gasteiger partial charge on any atom is -0.490 e. The highest BCUT2D eigenvalue weighted by atomic mass is 32.1. The normalized spacial score (nSPS) is 11.2. The number of hydrogen-bond donors (Lipinski definition) is 2. The highest BCUT2D eigenvalue weighted by molar-refractivity contribution is 7.80. The van der Waals surface area contributed by atoms with Crippen LogP contribution < -0.4 is 20.1 Å². The molecule has 0 spiro atoms. The minimum atomic E-state index is -0.293. The van der Waals surface area contributed by atoms with Crippen LogP contribution in [-0.4, -0.2) is 24.2 Å². The van der Waals surface area contributed by atoms with Gasteiger partial charge in [0.15, 0.2) is 5.11 Å². The van der Waals surface area contributed by atoms with Crippen molar-refractivity contribution in [3.8, 4) is 11.5 Å². The first-order valence-corrected chi connectivity index (χ1v) is 10.1. The molecule has 0 bridgehead atoms. The summed E-state index contributed by atoms with van der Waals surface area (Å²) in [7, 11) is 0. The summed E-state index contributed by atoms with van der Waals surface area (Å²) < 4.78 is 11.3. The first kappa shape index (κ1) is 21.3. The first-order chi connectivity index (χ1) is 14.6. The summed E-state index contributed by atoms with van der Waals surface area (Å²) in [5.41, 5.74) is 1.55. The van der Waals surface area contributed by atoms with Crippen LogP contribution in [0.4, 0.5) is 0 Å². The van der Waals surface area contributed by atoms with E-state index in [1.54, 1.807) is 24.3 Å². The Morgan fingerprint density at radius 3 is 2.17 bits per heavy atom. The number of thiocarbonyl (C=S) groups is 1. The molecule has 0 aliphatic rings. The van der Waals surface area contributed by atoms with Crippen molar-refractivity contribution >= 4 is 23.2 Å². The molecule has 0 aromatic heterocycles. The maximum atomic E-state index is 12.5. The summed E-state index contributed by atoms with van der Waals surface area (Å²) in [6.45, 7) is 2.76. The van der Waals surface area contributed by atoms with Crippen molar-refractivity contribution in [3.63, 3.8) is 0 Å². The molecule has 0 saturated carbocycles. The molecule has 2 N–H and O–H groups in total. The van der Waals surface area contributed by atoms with Crippen LogP contribution in [0.25, 0.3) is 0 Å². The molecule has 30 heavy (non-hydrogen) atoms. The first-order valence-electron chi connectivity index (χ1n) is 9.69. The number of carbonyl (C=O) groups excluding carboxylic acids is 1. The van der Waals surface area contributed by atoms with Gasteiger partial charge < -0.3 is 14.8 Å². The summed E-state index contributed by atoms with van der Waals surface area (Å²) in [5, 5.41) is 6.11. The predicted octanol–water partition coefficient (Wildman–Crippen LogP) is 4.51. The fourth-order valence-corrected chi connectivity index (χ4v) is 3.07. The Kier molecular flexibility index (Phi) is 7.80. The predicted molar refractivity (Wildman–Crippen MR) is 122 cm³/mol. The van der Waals surface area contributed by atoms with Gasteiger partial charge in [0.05, 0.1) is 6.04 Å². The third-order valence-corrected chi connectivity index (χ3v) is 4.55. The number of rotatable bonds is 8. The van der Waals surface area contributed by atoms with Gasteiger partial charge in [-0.25, -0.2) is 0 Å². The van der Waals surface area contributed by atoms with Crippen molar-refractivity contribution in [1.82, 2.24) is 10.6 Å². The van der Waals surface area contributed by atoms with Crippen molar-refractivity contribution in [2.75, 3.05) is 13.2 Å². The van der Waals surface area contributed by atoms with Crippen molar-refractivity contribution in [1.29, 1.82) is 0 Å². The van der Waals surface area contributed by atoms with Crippen LogP contribution >= 0.6 is 12.2 Å². The molecule has 3 rings (SSSR count). The monoisotopic (exact) mass is 420 g/mol. The van der Waals surface area contributed by atoms with Crippen LogP contribution in [0.15, 0.2) is 84.9 Å². The number of amides is 1. The van der Waals surface area contributed by atoms with Gasteiger partial charge in [0.2, 0.25) is 0 Å². The second kappa shape index (κ2) is 11.0. The summed E-state index contributed by atoms with van der Waals surface area (Å²) in [6.07, 6.45) is 0. The quantitative estimate of drug-likeness (QED) is 0.415. The molecule has 3 aromatic carbocycles. The smallest absolute Gasteiger partial charge is 0.257 e. The summed E-state index contributed by atoms with van der Waals surface area (Å²) in [4.78, 5) is 12.5. The lowest BCUT2D eigenvalue weighted by Gasteiger charge is -2.17. The molecular weight excluding hydrogens is 396 g/mol. The van der Waals surface area contributed by atoms with Crippen LogP contribution in [0.1, 0.15) is 28.9 Å². The molecule has 0 radical (unpaired) electrons. The number of carbonyl (C=O) groups is 1. The average molecular weight is 421 g/mol. The van der Waals surface area contributed by atoms with Gasteiger partial charge in [-0.15, -0.1) is 0 Å². The van der Waals surface area contributed by atoms with E-state index in [0.29, 0.717) is 24.5 Å². The van der Waals surface area contributed by atoms with Crippen molar-refractivity contribution in [2.24, 2.45) is 0 Å². The standard InChI is InChI=1S/C24H24N2O3S/c1-18(19-9-4-2-5-10-19)25-24(30)26-23(27)20-11-8-14-22(17-20)29-16-15-28-21-12-6-3-7-13-21/h2-14,17-18H,15-16H2,1H3,(H2,25,26,27,30). The van der Waals surface area contributed by atoms with E-state index >= 15 is 0 Å². The molecule has 1 amide bonds. The van der Waals surface area contributed by atoms with E-state index in [1.165, 1.54) is 0 Å². The van der Waals surface area contributed by atoms with Gasteiger partial charge in [0.1, 0.15) is 24.7 Å². The van der Waals surface area contributed by atoms with Crippen LogP contribution in [0.2, 0.25) is 0 Å². The van der Waals surface area contributed by atoms with E-state index in [-0.39, 0.29) is 17.1 Å². The zero-order valence-electron chi connectivity index (χ0n) is 16.7. The Bertz CT molecular complexity index is 964. The number of hydrogen-bond acceptors (Lipinski definition) is 4. The number of benzene rings is 3. The van der Waals surface area contributed by atoms with Crippen LogP contribution in [0.5, 0.6) is 11.5 Å². The molecule has 3 aromatic rings. The Morgan fingerprint density at radius 2 is 1.47 bits per heavy atom. The molecule has 0 aliphatic heterocycles. The SMILES string of the molecule is CC(NC(=S)NC(=O)c1cccc(OCCOc2ccccc2)c1)c1ccccc1. The van der Waals surface area contributed by atoms with Crippen LogP contribution in [0, 0.1) is 0 Å². The lowest BCUT2D eigenvalue weighted by molar-refractivity contribution is 0.0976. The molecule has 154 valence electrons. The van der Waals surface area contributed by atoms with E-state index in [2.05, 4.69) is 10.6 Å². The Hall–Kier alpha value is -3.38. The van der Waals surface area contributed by atoms with Gasteiger partial charge in [-0.3, -0.25) is 10.1 Å². The fourth-order valence-electron chi connectivity index (χ4n) is 2.80. The largest absolute Gasteiger partial charge is 0.490 e. The van der Waals surface area contributed by atoms with Crippen LogP contribution in [-0.2, 0) is 0 Å². The molecule has 1 unspecified atom stereocenters. The molecule has 0 saturated heterocycles. The summed E-state index contributed by atoms with van der Waals surface area (Å²) >= 11 is 5.28. The number of para-hydroxylation sites is 1. The van der Waals surface area contributed by atoms with Gasteiger partial charge in [-0.2, -0.15) is 0 Å². The second-order valence-electron chi connectivity index (χ2n) is 6.60. The van der Waals surface area contributed by atoms with E-state index in [1.807, 2.05) is 67.6 Å². The van der Waals surface area contributed by atoms with Crippen molar-refractivity contribution < 1.29 is 14.3 Å². The van der Waals surface area contributed by atoms with Gasteiger partial charge in [0.25, 0.3) is 5.91 Å². The summed E-state index contributed by atoms with van der Waals surface area (Å²) in [5.74, 6) is 1.09. The number of ether oxygens (including phenoxy) is 2. The Balaban J connectivity index is 1.47. The van der Waals surface area contributed by atoms with Crippen molar-refractivity contribution in [3.05, 3.63) is 96.1 Å². The molecule has 6 heteroatoms.